The first-order chi connectivity index (χ1) is 23.9. The number of aliphatic carboxylic acids is 1. The smallest absolute Gasteiger partial charge is 0.409 e. The van der Waals surface area contributed by atoms with Gasteiger partial charge in [-0.1, -0.05) is 41.4 Å². The summed E-state index contributed by atoms with van der Waals surface area (Å²) in [6.07, 6.45) is 2.26. The normalized spacial score (nSPS) is 19.6. The molecule has 0 bridgehead atoms. The second-order valence-electron chi connectivity index (χ2n) is 12.9. The van der Waals surface area contributed by atoms with E-state index in [4.69, 9.17) is 27.9 Å². The Balaban J connectivity index is 1.02. The predicted molar refractivity (Wildman–Crippen MR) is 188 cm³/mol. The number of carboxylic acids is 1. The number of para-hydroxylation sites is 1. The molecule has 3 aliphatic rings. The highest BCUT2D eigenvalue weighted by atomic mass is 35.5. The fourth-order valence-electron chi connectivity index (χ4n) is 6.72. The Bertz CT molecular complexity index is 1610. The van der Waals surface area contributed by atoms with Crippen molar-refractivity contribution < 1.29 is 37.4 Å². The summed E-state index contributed by atoms with van der Waals surface area (Å²) >= 11 is 12.0. The topological polar surface area (TPSA) is 157 Å². The molecule has 0 spiro atoms. The van der Waals surface area contributed by atoms with Gasteiger partial charge in [0.05, 0.1) is 11.5 Å². The number of ether oxygens (including phenoxy) is 1. The van der Waals surface area contributed by atoms with E-state index in [1.165, 1.54) is 18.2 Å². The van der Waals surface area contributed by atoms with E-state index in [1.807, 2.05) is 18.2 Å². The number of sulfonamides is 1. The summed E-state index contributed by atoms with van der Waals surface area (Å²) in [5.74, 6) is -1.98. The number of anilines is 1. The van der Waals surface area contributed by atoms with E-state index in [0.29, 0.717) is 51.5 Å². The number of halogens is 2. The van der Waals surface area contributed by atoms with E-state index in [0.717, 1.165) is 35.9 Å². The van der Waals surface area contributed by atoms with Crippen LogP contribution in [0.1, 0.15) is 44.9 Å². The number of carbonyl (C=O) groups excluding carboxylic acids is 3. The molecule has 0 radical (unpaired) electrons. The van der Waals surface area contributed by atoms with Gasteiger partial charge in [0.2, 0.25) is 21.8 Å². The minimum absolute atomic E-state index is 0.0751. The maximum Gasteiger partial charge on any atom is 0.409 e. The molecule has 3 amide bonds. The Hall–Kier alpha value is -3.59. The zero-order valence-corrected chi connectivity index (χ0v) is 30.0. The molecule has 2 aromatic rings. The predicted octanol–water partition coefficient (Wildman–Crippen LogP) is 4.08. The van der Waals surface area contributed by atoms with Gasteiger partial charge in [0, 0.05) is 68.0 Å². The Morgan fingerprint density at radius 3 is 2.18 bits per heavy atom. The highest BCUT2D eigenvalue weighted by Crippen LogP contribution is 2.30. The highest BCUT2D eigenvalue weighted by Gasteiger charge is 2.41. The molecule has 3 saturated heterocycles. The van der Waals surface area contributed by atoms with E-state index in [1.54, 1.807) is 9.80 Å². The van der Waals surface area contributed by atoms with Crippen molar-refractivity contribution in [2.45, 2.75) is 61.9 Å². The van der Waals surface area contributed by atoms with Gasteiger partial charge in [0.15, 0.2) is 0 Å². The Kier molecular flexibility index (Phi) is 12.9. The van der Waals surface area contributed by atoms with Gasteiger partial charge in [-0.3, -0.25) is 9.59 Å². The van der Waals surface area contributed by atoms with Gasteiger partial charge < -0.3 is 29.9 Å². The average Bonchev–Trinajstić information content (AvgIpc) is 3.62. The van der Waals surface area contributed by atoms with E-state index in [9.17, 15) is 32.7 Å². The van der Waals surface area contributed by atoms with Crippen LogP contribution in [0.4, 0.5) is 10.5 Å². The molecule has 13 nitrogen and oxygen atoms in total. The van der Waals surface area contributed by atoms with Crippen molar-refractivity contribution in [3.8, 4) is 0 Å². The van der Waals surface area contributed by atoms with Crippen LogP contribution < -0.4 is 10.2 Å². The lowest BCUT2D eigenvalue weighted by atomic mass is 9.93. The summed E-state index contributed by atoms with van der Waals surface area (Å²) in [4.78, 5) is 56.3. The Labute approximate surface area is 302 Å². The second kappa shape index (κ2) is 17.1. The van der Waals surface area contributed by atoms with Gasteiger partial charge in [-0.15, -0.1) is 0 Å². The van der Waals surface area contributed by atoms with Crippen LogP contribution in [0, 0.1) is 5.92 Å². The largest absolute Gasteiger partial charge is 0.480 e. The third-order valence-corrected chi connectivity index (χ3v) is 11.9. The maximum atomic E-state index is 13.3. The lowest BCUT2D eigenvalue weighted by molar-refractivity contribution is -0.143. The molecule has 0 aromatic heterocycles. The Morgan fingerprint density at radius 1 is 0.880 bits per heavy atom. The van der Waals surface area contributed by atoms with Crippen LogP contribution in [0.25, 0.3) is 0 Å². The Morgan fingerprint density at radius 2 is 1.54 bits per heavy atom. The van der Waals surface area contributed by atoms with Crippen molar-refractivity contribution in [2.24, 2.45) is 5.92 Å². The minimum atomic E-state index is -4.14. The van der Waals surface area contributed by atoms with Gasteiger partial charge in [0.25, 0.3) is 0 Å². The molecule has 0 unspecified atom stereocenters. The number of hydrogen-bond acceptors (Lipinski definition) is 8. The van der Waals surface area contributed by atoms with E-state index in [2.05, 4.69) is 22.3 Å². The molecular weight excluding hydrogens is 709 g/mol. The molecule has 50 heavy (non-hydrogen) atoms. The van der Waals surface area contributed by atoms with Crippen molar-refractivity contribution in [2.75, 3.05) is 57.3 Å². The van der Waals surface area contributed by atoms with Gasteiger partial charge in [-0.2, -0.15) is 4.31 Å². The number of amides is 3. The monoisotopic (exact) mass is 751 g/mol. The summed E-state index contributed by atoms with van der Waals surface area (Å²) in [6.45, 7) is 4.08. The number of rotatable bonds is 12. The summed E-state index contributed by atoms with van der Waals surface area (Å²) in [7, 11) is -4.14. The van der Waals surface area contributed by atoms with Crippen molar-refractivity contribution in [1.82, 2.24) is 19.4 Å². The molecule has 0 saturated carbocycles. The number of piperidine rings is 1. The second-order valence-corrected chi connectivity index (χ2v) is 15.6. The number of benzene rings is 2. The number of carboxylic acid groups (broad SMARTS) is 1. The molecule has 5 rings (SSSR count). The number of likely N-dealkylation sites (tertiary alicyclic amines) is 1. The zero-order chi connectivity index (χ0) is 35.8. The van der Waals surface area contributed by atoms with Gasteiger partial charge in [-0.05, 0) is 74.8 Å². The van der Waals surface area contributed by atoms with Crippen LogP contribution in [-0.4, -0.2) is 116 Å². The van der Waals surface area contributed by atoms with E-state index < -0.39 is 34.0 Å². The molecule has 3 aliphatic heterocycles. The molecule has 2 aromatic carbocycles. The SMILES string of the molecule is O=C(O)[C@H](CCC(=O)N1CCC(CCOC(=O)N2CCN(c3ccccc3)CC2)CC1)NC(=O)[C@@H]1CCCN1S(=O)(=O)c1cc(Cl)cc(Cl)c1. The fraction of sp³-hybridized carbons (Fsp3) is 0.529. The summed E-state index contributed by atoms with van der Waals surface area (Å²) in [6, 6.07) is 11.5. The molecule has 3 heterocycles. The number of nitrogens with zero attached hydrogens (tertiary/aromatic N) is 4. The van der Waals surface area contributed by atoms with E-state index >= 15 is 0 Å². The lowest BCUT2D eigenvalue weighted by Gasteiger charge is -2.35. The van der Waals surface area contributed by atoms with Crippen molar-refractivity contribution in [3.63, 3.8) is 0 Å². The van der Waals surface area contributed by atoms with Crippen LogP contribution in [-0.2, 0) is 29.1 Å². The first-order valence-corrected chi connectivity index (χ1v) is 19.1. The molecule has 2 atom stereocenters. The molecule has 2 N–H and O–H groups in total. The van der Waals surface area contributed by atoms with Crippen LogP contribution in [0.3, 0.4) is 0 Å². The third-order valence-electron chi connectivity index (χ3n) is 9.59. The molecular formula is C34H43Cl2N5O8S. The standard InChI is InChI=1S/C34H43Cl2N5O8S/c35-25-21-26(36)23-28(22-25)50(47,48)41-13-4-7-30(41)32(43)37-29(33(44)45)8-9-31(42)39-14-10-24(11-15-39)12-20-49-34(46)40-18-16-38(17-19-40)27-5-2-1-3-6-27/h1-3,5-6,21-24,29-30H,4,7-20H2,(H,37,43)(H,44,45)/t29-,30-/m0/s1. The van der Waals surface area contributed by atoms with Gasteiger partial charge in [0.1, 0.15) is 12.1 Å². The highest BCUT2D eigenvalue weighted by molar-refractivity contribution is 7.89. The first kappa shape index (κ1) is 37.7. The summed E-state index contributed by atoms with van der Waals surface area (Å²) in [5.41, 5.74) is 1.14. The third kappa shape index (κ3) is 9.59. The maximum absolute atomic E-state index is 13.3. The molecule has 3 fully saturated rings. The van der Waals surface area contributed by atoms with Crippen LogP contribution in [0.15, 0.2) is 53.4 Å². The number of piperazine rings is 1. The van der Waals surface area contributed by atoms with Crippen LogP contribution >= 0.6 is 23.2 Å². The number of carbonyl (C=O) groups is 4. The number of hydrogen-bond donors (Lipinski definition) is 2. The first-order valence-electron chi connectivity index (χ1n) is 16.9. The molecule has 0 aliphatic carbocycles. The quantitative estimate of drug-likeness (QED) is 0.326. The average molecular weight is 753 g/mol. The van der Waals surface area contributed by atoms with Crippen LogP contribution in [0.2, 0.25) is 10.0 Å². The van der Waals surface area contributed by atoms with E-state index in [-0.39, 0.29) is 52.7 Å². The molecule has 16 heteroatoms. The lowest BCUT2D eigenvalue weighted by Crippen LogP contribution is -2.51. The minimum Gasteiger partial charge on any atom is -0.480 e. The van der Waals surface area contributed by atoms with Crippen molar-refractivity contribution in [1.29, 1.82) is 0 Å². The van der Waals surface area contributed by atoms with Crippen LogP contribution in [0.5, 0.6) is 0 Å². The fourth-order valence-corrected chi connectivity index (χ4v) is 9.10. The zero-order valence-electron chi connectivity index (χ0n) is 27.7. The summed E-state index contributed by atoms with van der Waals surface area (Å²) in [5, 5.41) is 12.5. The number of nitrogens with one attached hydrogen (secondary N) is 1. The van der Waals surface area contributed by atoms with Crippen molar-refractivity contribution in [3.05, 3.63) is 58.6 Å². The summed E-state index contributed by atoms with van der Waals surface area (Å²) < 4.78 is 33.3. The van der Waals surface area contributed by atoms with Gasteiger partial charge >= 0.3 is 12.1 Å². The molecule has 272 valence electrons. The van der Waals surface area contributed by atoms with Gasteiger partial charge in [-0.25, -0.2) is 18.0 Å². The van der Waals surface area contributed by atoms with Crippen molar-refractivity contribution >= 4 is 62.8 Å².